The number of rotatable bonds is 1. The number of piperidine rings is 1. The van der Waals surface area contributed by atoms with Crippen LogP contribution in [0.4, 0.5) is 17.6 Å². The van der Waals surface area contributed by atoms with Crippen LogP contribution in [0.3, 0.4) is 0 Å². The van der Waals surface area contributed by atoms with E-state index in [9.17, 15) is 17.6 Å². The standard InChI is InChI=1S/C12H13F4N/c13-9-5-3-8(4-6-9)11-10(12(14,15)16)2-1-7-17-11/h3-6,10-11,17H,1-2,7H2. The number of benzene rings is 1. The Hall–Kier alpha value is -1.10. The highest BCUT2D eigenvalue weighted by Crippen LogP contribution is 2.40. The number of alkyl halides is 3. The van der Waals surface area contributed by atoms with Gasteiger partial charge in [0, 0.05) is 6.04 Å². The van der Waals surface area contributed by atoms with Gasteiger partial charge in [-0.05, 0) is 37.1 Å². The molecule has 0 aromatic heterocycles. The van der Waals surface area contributed by atoms with Gasteiger partial charge in [0.05, 0.1) is 5.92 Å². The molecule has 5 heteroatoms. The molecule has 1 nitrogen and oxygen atoms in total. The van der Waals surface area contributed by atoms with Crippen molar-refractivity contribution in [1.29, 1.82) is 0 Å². The fourth-order valence-corrected chi connectivity index (χ4v) is 2.26. The predicted octanol–water partition coefficient (Wildman–Crippen LogP) is 3.43. The smallest absolute Gasteiger partial charge is 0.309 e. The summed E-state index contributed by atoms with van der Waals surface area (Å²) in [6.07, 6.45) is -3.58. The molecule has 0 radical (unpaired) electrons. The fraction of sp³-hybridized carbons (Fsp3) is 0.500. The summed E-state index contributed by atoms with van der Waals surface area (Å²) in [7, 11) is 0. The van der Waals surface area contributed by atoms with Gasteiger partial charge in [0.15, 0.2) is 0 Å². The van der Waals surface area contributed by atoms with Crippen LogP contribution in [0.15, 0.2) is 24.3 Å². The van der Waals surface area contributed by atoms with Gasteiger partial charge in [-0.2, -0.15) is 13.2 Å². The second-order valence-corrected chi connectivity index (χ2v) is 4.27. The molecule has 1 heterocycles. The highest BCUT2D eigenvalue weighted by molar-refractivity contribution is 5.21. The van der Waals surface area contributed by atoms with Crippen molar-refractivity contribution in [3.8, 4) is 0 Å². The van der Waals surface area contributed by atoms with E-state index < -0.39 is 24.0 Å². The van der Waals surface area contributed by atoms with Gasteiger partial charge in [0.2, 0.25) is 0 Å². The molecule has 1 aromatic carbocycles. The van der Waals surface area contributed by atoms with Gasteiger partial charge in [0.25, 0.3) is 0 Å². The lowest BCUT2D eigenvalue weighted by atomic mass is 9.86. The second-order valence-electron chi connectivity index (χ2n) is 4.27. The molecule has 17 heavy (non-hydrogen) atoms. The summed E-state index contributed by atoms with van der Waals surface area (Å²) < 4.78 is 51.3. The van der Waals surface area contributed by atoms with Gasteiger partial charge in [-0.15, -0.1) is 0 Å². The summed E-state index contributed by atoms with van der Waals surface area (Å²) in [6.45, 7) is 0.564. The first kappa shape index (κ1) is 12.4. The molecule has 1 fully saturated rings. The molecule has 0 saturated carbocycles. The zero-order valence-corrected chi connectivity index (χ0v) is 9.10. The maximum atomic E-state index is 12.8. The van der Waals surface area contributed by atoms with Crippen LogP contribution in [0.5, 0.6) is 0 Å². The Morgan fingerprint density at radius 2 is 1.76 bits per heavy atom. The van der Waals surface area contributed by atoms with E-state index in [4.69, 9.17) is 0 Å². The molecule has 2 rings (SSSR count). The minimum atomic E-state index is -4.22. The number of halogens is 4. The SMILES string of the molecule is Fc1ccc(C2NCCCC2C(F)(F)F)cc1. The van der Waals surface area contributed by atoms with Crippen molar-refractivity contribution >= 4 is 0 Å². The summed E-state index contributed by atoms with van der Waals surface area (Å²) in [4.78, 5) is 0. The number of hydrogen-bond donors (Lipinski definition) is 1. The van der Waals surface area contributed by atoms with E-state index in [0.717, 1.165) is 0 Å². The van der Waals surface area contributed by atoms with Crippen molar-refractivity contribution in [3.63, 3.8) is 0 Å². The summed E-state index contributed by atoms with van der Waals surface area (Å²) in [5, 5.41) is 2.87. The molecule has 0 amide bonds. The second kappa shape index (κ2) is 4.64. The molecular formula is C12H13F4N. The van der Waals surface area contributed by atoms with Crippen LogP contribution in [-0.4, -0.2) is 12.7 Å². The quantitative estimate of drug-likeness (QED) is 0.750. The Morgan fingerprint density at radius 1 is 1.12 bits per heavy atom. The minimum absolute atomic E-state index is 0.124. The molecule has 2 atom stereocenters. The zero-order valence-electron chi connectivity index (χ0n) is 9.10. The van der Waals surface area contributed by atoms with Crippen LogP contribution in [0.25, 0.3) is 0 Å². The van der Waals surface area contributed by atoms with Crippen molar-refractivity contribution in [1.82, 2.24) is 5.32 Å². The normalized spacial score (nSPS) is 25.9. The molecule has 1 saturated heterocycles. The molecule has 1 aliphatic rings. The van der Waals surface area contributed by atoms with Gasteiger partial charge < -0.3 is 5.32 Å². The van der Waals surface area contributed by atoms with E-state index >= 15 is 0 Å². The highest BCUT2D eigenvalue weighted by atomic mass is 19.4. The average molecular weight is 247 g/mol. The fourth-order valence-electron chi connectivity index (χ4n) is 2.26. The third kappa shape index (κ3) is 2.77. The Balaban J connectivity index is 2.25. The average Bonchev–Trinajstić information content (AvgIpc) is 2.29. The Bertz CT molecular complexity index is 371. The Kier molecular flexibility index (Phi) is 3.38. The highest BCUT2D eigenvalue weighted by Gasteiger charge is 2.45. The summed E-state index contributed by atoms with van der Waals surface area (Å²) in [5.41, 5.74) is 0.494. The van der Waals surface area contributed by atoms with Crippen LogP contribution in [0.1, 0.15) is 24.4 Å². The largest absolute Gasteiger partial charge is 0.393 e. The van der Waals surface area contributed by atoms with Gasteiger partial charge in [-0.1, -0.05) is 12.1 Å². The molecule has 1 aromatic rings. The zero-order chi connectivity index (χ0) is 12.5. The van der Waals surface area contributed by atoms with Gasteiger partial charge in [-0.3, -0.25) is 0 Å². The topological polar surface area (TPSA) is 12.0 Å². The van der Waals surface area contributed by atoms with Crippen molar-refractivity contribution in [2.45, 2.75) is 25.1 Å². The van der Waals surface area contributed by atoms with Crippen molar-refractivity contribution in [2.75, 3.05) is 6.54 Å². The van der Waals surface area contributed by atoms with E-state index in [1.165, 1.54) is 24.3 Å². The molecular weight excluding hydrogens is 234 g/mol. The van der Waals surface area contributed by atoms with Gasteiger partial charge in [-0.25, -0.2) is 4.39 Å². The van der Waals surface area contributed by atoms with E-state index in [1.807, 2.05) is 0 Å². The molecule has 1 N–H and O–H groups in total. The van der Waals surface area contributed by atoms with Crippen LogP contribution in [0, 0.1) is 11.7 Å². The van der Waals surface area contributed by atoms with E-state index in [2.05, 4.69) is 5.32 Å². The summed E-state index contributed by atoms with van der Waals surface area (Å²) in [5.74, 6) is -1.82. The van der Waals surface area contributed by atoms with Crippen molar-refractivity contribution in [3.05, 3.63) is 35.6 Å². The number of nitrogens with one attached hydrogen (secondary N) is 1. The summed E-state index contributed by atoms with van der Waals surface area (Å²) in [6, 6.07) is 4.45. The first-order valence-corrected chi connectivity index (χ1v) is 5.54. The lowest BCUT2D eigenvalue weighted by Crippen LogP contribution is -2.41. The summed E-state index contributed by atoms with van der Waals surface area (Å²) >= 11 is 0. The molecule has 0 bridgehead atoms. The molecule has 0 aliphatic carbocycles. The van der Waals surface area contributed by atoms with Crippen molar-refractivity contribution in [2.24, 2.45) is 5.92 Å². The molecule has 94 valence electrons. The van der Waals surface area contributed by atoms with Crippen LogP contribution in [0.2, 0.25) is 0 Å². The molecule has 2 unspecified atom stereocenters. The predicted molar refractivity (Wildman–Crippen MR) is 55.9 cm³/mol. The third-order valence-electron chi connectivity index (χ3n) is 3.11. The van der Waals surface area contributed by atoms with Crippen LogP contribution < -0.4 is 5.32 Å². The maximum absolute atomic E-state index is 12.8. The van der Waals surface area contributed by atoms with Crippen LogP contribution in [-0.2, 0) is 0 Å². The lowest BCUT2D eigenvalue weighted by Gasteiger charge is -2.34. The maximum Gasteiger partial charge on any atom is 0.393 e. The van der Waals surface area contributed by atoms with E-state index in [1.54, 1.807) is 0 Å². The minimum Gasteiger partial charge on any atom is -0.309 e. The first-order chi connectivity index (χ1) is 7.98. The van der Waals surface area contributed by atoms with Crippen LogP contribution >= 0.6 is 0 Å². The Morgan fingerprint density at radius 3 is 2.35 bits per heavy atom. The third-order valence-corrected chi connectivity index (χ3v) is 3.11. The lowest BCUT2D eigenvalue weighted by molar-refractivity contribution is -0.189. The van der Waals surface area contributed by atoms with Gasteiger partial charge >= 0.3 is 6.18 Å². The van der Waals surface area contributed by atoms with Crippen molar-refractivity contribution < 1.29 is 17.6 Å². The first-order valence-electron chi connectivity index (χ1n) is 5.54. The number of hydrogen-bond acceptors (Lipinski definition) is 1. The van der Waals surface area contributed by atoms with E-state index in [0.29, 0.717) is 18.5 Å². The van der Waals surface area contributed by atoms with E-state index in [-0.39, 0.29) is 6.42 Å². The molecule has 0 spiro atoms. The Labute approximate surface area is 96.8 Å². The molecule has 1 aliphatic heterocycles. The van der Waals surface area contributed by atoms with Gasteiger partial charge in [0.1, 0.15) is 5.82 Å². The monoisotopic (exact) mass is 247 g/mol.